The summed E-state index contributed by atoms with van der Waals surface area (Å²) in [6.45, 7) is 6.03. The van der Waals surface area contributed by atoms with E-state index in [1.165, 1.54) is 18.3 Å². The molecule has 4 aromatic rings. The van der Waals surface area contributed by atoms with Gasteiger partial charge in [-0.15, -0.1) is 0 Å². The summed E-state index contributed by atoms with van der Waals surface area (Å²) < 4.78 is 5.77. The number of oxazole rings is 1. The van der Waals surface area contributed by atoms with Crippen molar-refractivity contribution in [2.45, 2.75) is 26.2 Å². The highest BCUT2D eigenvalue weighted by atomic mass is 16.6. The number of anilines is 1. The van der Waals surface area contributed by atoms with Gasteiger partial charge in [0, 0.05) is 40.3 Å². The second kappa shape index (κ2) is 6.19. The molecule has 2 aromatic carbocycles. The number of fused-ring (bicyclic) bond motifs is 2. The average molecular weight is 378 g/mol. The van der Waals surface area contributed by atoms with E-state index in [9.17, 15) is 14.9 Å². The molecule has 28 heavy (non-hydrogen) atoms. The maximum atomic E-state index is 12.7. The molecule has 0 saturated carbocycles. The number of carbonyl (C=O) groups is 1. The van der Waals surface area contributed by atoms with E-state index in [0.717, 1.165) is 0 Å². The Morgan fingerprint density at radius 3 is 2.71 bits per heavy atom. The molecule has 0 radical (unpaired) electrons. The third-order valence-corrected chi connectivity index (χ3v) is 4.41. The van der Waals surface area contributed by atoms with Gasteiger partial charge in [-0.1, -0.05) is 20.8 Å². The van der Waals surface area contributed by atoms with Gasteiger partial charge in [-0.3, -0.25) is 14.9 Å². The van der Waals surface area contributed by atoms with Crippen molar-refractivity contribution in [3.05, 3.63) is 64.2 Å². The van der Waals surface area contributed by atoms with Crippen LogP contribution < -0.4 is 5.32 Å². The van der Waals surface area contributed by atoms with Crippen LogP contribution in [0.25, 0.3) is 22.0 Å². The second-order valence-corrected chi connectivity index (χ2v) is 7.59. The number of rotatable bonds is 3. The number of aromatic nitrogens is 2. The SMILES string of the molecule is CC(C)(C)c1nc2cc(NC(=O)c3c[nH]c4ccc([N+](=O)[O-])cc34)ccc2o1. The molecule has 8 heteroatoms. The zero-order chi connectivity index (χ0) is 20.1. The molecule has 4 rings (SSSR count). The Morgan fingerprint density at radius 1 is 1.21 bits per heavy atom. The van der Waals surface area contributed by atoms with Crippen molar-refractivity contribution in [1.29, 1.82) is 0 Å². The fourth-order valence-corrected chi connectivity index (χ4v) is 2.93. The fraction of sp³-hybridized carbons (Fsp3) is 0.200. The summed E-state index contributed by atoms with van der Waals surface area (Å²) in [4.78, 5) is 30.7. The van der Waals surface area contributed by atoms with Crippen LogP contribution in [-0.2, 0) is 5.41 Å². The molecule has 0 spiro atoms. The van der Waals surface area contributed by atoms with E-state index in [4.69, 9.17) is 4.42 Å². The molecule has 0 aliphatic heterocycles. The van der Waals surface area contributed by atoms with Gasteiger partial charge in [-0.25, -0.2) is 4.98 Å². The Hall–Kier alpha value is -3.68. The van der Waals surface area contributed by atoms with Crippen molar-refractivity contribution in [3.8, 4) is 0 Å². The first-order valence-electron chi connectivity index (χ1n) is 8.70. The van der Waals surface area contributed by atoms with E-state index < -0.39 is 4.92 Å². The van der Waals surface area contributed by atoms with Gasteiger partial charge < -0.3 is 14.7 Å². The number of benzene rings is 2. The lowest BCUT2D eigenvalue weighted by atomic mass is 9.97. The molecular weight excluding hydrogens is 360 g/mol. The second-order valence-electron chi connectivity index (χ2n) is 7.59. The molecule has 0 atom stereocenters. The normalized spacial score (nSPS) is 11.8. The molecule has 1 amide bonds. The molecule has 0 unspecified atom stereocenters. The van der Waals surface area contributed by atoms with E-state index in [2.05, 4.69) is 15.3 Å². The van der Waals surface area contributed by atoms with Crippen LogP contribution in [0.3, 0.4) is 0 Å². The van der Waals surface area contributed by atoms with E-state index in [-0.39, 0.29) is 17.0 Å². The van der Waals surface area contributed by atoms with Crippen LogP contribution >= 0.6 is 0 Å². The summed E-state index contributed by atoms with van der Waals surface area (Å²) >= 11 is 0. The van der Waals surface area contributed by atoms with Crippen molar-refractivity contribution in [2.75, 3.05) is 5.32 Å². The summed E-state index contributed by atoms with van der Waals surface area (Å²) in [6, 6.07) is 9.59. The summed E-state index contributed by atoms with van der Waals surface area (Å²) in [6.07, 6.45) is 1.54. The third-order valence-electron chi connectivity index (χ3n) is 4.41. The van der Waals surface area contributed by atoms with Gasteiger partial charge in [0.25, 0.3) is 11.6 Å². The Kier molecular flexibility index (Phi) is 3.92. The fourth-order valence-electron chi connectivity index (χ4n) is 2.93. The molecule has 2 heterocycles. The smallest absolute Gasteiger partial charge is 0.270 e. The van der Waals surface area contributed by atoms with E-state index in [0.29, 0.717) is 39.1 Å². The Balaban J connectivity index is 1.65. The minimum absolute atomic E-state index is 0.0696. The standard InChI is InChI=1S/C20H18N4O4/c1-20(2,3)19-23-16-8-11(4-7-17(16)28-19)22-18(25)14-10-21-15-6-5-12(24(26)27)9-13(14)15/h4-10,21H,1-3H3,(H,22,25). The van der Waals surface area contributed by atoms with Gasteiger partial charge in [-0.2, -0.15) is 0 Å². The molecule has 0 saturated heterocycles. The highest BCUT2D eigenvalue weighted by Crippen LogP contribution is 2.28. The number of nitrogens with zero attached hydrogens (tertiary/aromatic N) is 2. The number of H-pyrrole nitrogens is 1. The van der Waals surface area contributed by atoms with Crippen molar-refractivity contribution < 1.29 is 14.1 Å². The van der Waals surface area contributed by atoms with Gasteiger partial charge in [0.15, 0.2) is 5.58 Å². The number of nitrogens with one attached hydrogen (secondary N) is 2. The summed E-state index contributed by atoms with van der Waals surface area (Å²) in [7, 11) is 0. The Bertz CT molecular complexity index is 1230. The maximum Gasteiger partial charge on any atom is 0.270 e. The lowest BCUT2D eigenvalue weighted by Crippen LogP contribution is -2.11. The van der Waals surface area contributed by atoms with Crippen molar-refractivity contribution in [1.82, 2.24) is 9.97 Å². The topological polar surface area (TPSA) is 114 Å². The Labute approximate surface area is 159 Å². The first-order chi connectivity index (χ1) is 13.2. The number of hydrogen-bond donors (Lipinski definition) is 2. The number of hydrogen-bond acceptors (Lipinski definition) is 5. The van der Waals surface area contributed by atoms with Crippen molar-refractivity contribution in [3.63, 3.8) is 0 Å². The minimum Gasteiger partial charge on any atom is -0.440 e. The van der Waals surface area contributed by atoms with Crippen LogP contribution in [0.4, 0.5) is 11.4 Å². The predicted octanol–water partition coefficient (Wildman–Crippen LogP) is 4.77. The lowest BCUT2D eigenvalue weighted by Gasteiger charge is -2.11. The largest absolute Gasteiger partial charge is 0.440 e. The third kappa shape index (κ3) is 3.09. The molecule has 2 aromatic heterocycles. The van der Waals surface area contributed by atoms with Gasteiger partial charge >= 0.3 is 0 Å². The average Bonchev–Trinajstić information content (AvgIpc) is 3.24. The first-order valence-corrected chi connectivity index (χ1v) is 8.70. The van der Waals surface area contributed by atoms with Crippen LogP contribution in [0, 0.1) is 10.1 Å². The zero-order valence-corrected chi connectivity index (χ0v) is 15.6. The number of amides is 1. The van der Waals surface area contributed by atoms with Crippen LogP contribution in [0.2, 0.25) is 0 Å². The quantitative estimate of drug-likeness (QED) is 0.394. The van der Waals surface area contributed by atoms with E-state index >= 15 is 0 Å². The van der Waals surface area contributed by atoms with Gasteiger partial charge in [0.1, 0.15) is 5.52 Å². The van der Waals surface area contributed by atoms with Crippen LogP contribution in [0.15, 0.2) is 47.0 Å². The van der Waals surface area contributed by atoms with Crippen molar-refractivity contribution in [2.24, 2.45) is 0 Å². The molecule has 0 aliphatic rings. The van der Waals surface area contributed by atoms with Crippen LogP contribution in [0.1, 0.15) is 37.0 Å². The van der Waals surface area contributed by atoms with Crippen molar-refractivity contribution >= 4 is 39.3 Å². The van der Waals surface area contributed by atoms with Gasteiger partial charge in [0.05, 0.1) is 10.5 Å². The first kappa shape index (κ1) is 17.7. The van der Waals surface area contributed by atoms with E-state index in [1.54, 1.807) is 24.3 Å². The highest BCUT2D eigenvalue weighted by molar-refractivity contribution is 6.13. The summed E-state index contributed by atoms with van der Waals surface area (Å²) in [5, 5.41) is 14.3. The summed E-state index contributed by atoms with van der Waals surface area (Å²) in [5.74, 6) is 0.251. The molecule has 8 nitrogen and oxygen atoms in total. The molecule has 0 fully saturated rings. The molecule has 142 valence electrons. The predicted molar refractivity (Wildman–Crippen MR) is 106 cm³/mol. The lowest BCUT2D eigenvalue weighted by molar-refractivity contribution is -0.384. The van der Waals surface area contributed by atoms with E-state index in [1.807, 2.05) is 20.8 Å². The Morgan fingerprint density at radius 2 is 2.00 bits per heavy atom. The van der Waals surface area contributed by atoms with Gasteiger partial charge in [0.2, 0.25) is 5.89 Å². The van der Waals surface area contributed by atoms with Crippen LogP contribution in [0.5, 0.6) is 0 Å². The molecule has 0 bridgehead atoms. The number of aromatic amines is 1. The maximum absolute atomic E-state index is 12.7. The van der Waals surface area contributed by atoms with Crippen LogP contribution in [-0.4, -0.2) is 20.8 Å². The number of nitro benzene ring substituents is 1. The zero-order valence-electron chi connectivity index (χ0n) is 15.6. The van der Waals surface area contributed by atoms with Gasteiger partial charge in [-0.05, 0) is 24.3 Å². The minimum atomic E-state index is -0.487. The highest BCUT2D eigenvalue weighted by Gasteiger charge is 2.21. The molecule has 2 N–H and O–H groups in total. The molecular formula is C20H18N4O4. The summed E-state index contributed by atoms with van der Waals surface area (Å²) in [5.41, 5.74) is 2.54. The molecule has 0 aliphatic carbocycles. The number of non-ortho nitro benzene ring substituents is 1. The number of nitro groups is 1. The number of carbonyl (C=O) groups excluding carboxylic acids is 1. The monoisotopic (exact) mass is 378 g/mol.